The lowest BCUT2D eigenvalue weighted by Gasteiger charge is -1.19. The molecule has 0 saturated carbocycles. The van der Waals surface area contributed by atoms with Crippen LogP contribution in [0.25, 0.3) is 0 Å². The highest BCUT2D eigenvalue weighted by atomic mass is 28.2. The standard InChI is InChI=1S/CH5N.H4OSi/c2*1-2/h2H2,1H3;1H,2H3. The topological polar surface area (TPSA) is 46.2 Å². The molecule has 0 rings (SSSR count). The summed E-state index contributed by atoms with van der Waals surface area (Å²) in [5.41, 5.74) is 4.50. The lowest BCUT2D eigenvalue weighted by atomic mass is 11.6. The molecule has 0 amide bonds. The Morgan fingerprint density at radius 1 is 1.50 bits per heavy atom. The second-order valence-corrected chi connectivity index (χ2v) is 0. The zero-order valence-electron chi connectivity index (χ0n) is 3.02. The van der Waals surface area contributed by atoms with E-state index in [-0.39, 0.29) is 0 Å². The van der Waals surface area contributed by atoms with Gasteiger partial charge in [-0.3, -0.25) is 0 Å². The van der Waals surface area contributed by atoms with Crippen LogP contribution in [0.5, 0.6) is 0 Å². The molecule has 0 atom stereocenters. The van der Waals surface area contributed by atoms with E-state index < -0.39 is 0 Å². The summed E-state index contributed by atoms with van der Waals surface area (Å²) < 4.78 is 0. The van der Waals surface area contributed by atoms with Crippen LogP contribution < -0.4 is 5.73 Å². The van der Waals surface area contributed by atoms with Crippen molar-refractivity contribution in [1.29, 1.82) is 0 Å². The molecule has 0 aromatic heterocycles. The van der Waals surface area contributed by atoms with E-state index in [2.05, 4.69) is 5.73 Å². The molecule has 0 saturated heterocycles. The van der Waals surface area contributed by atoms with Gasteiger partial charge >= 0.3 is 0 Å². The van der Waals surface area contributed by atoms with E-state index in [1.54, 1.807) is 0 Å². The molecule has 0 aliphatic carbocycles. The molecule has 4 heavy (non-hydrogen) atoms. The minimum absolute atomic E-state index is 0.306. The smallest absolute Gasteiger partial charge is 0.141 e. The lowest BCUT2D eigenvalue weighted by molar-refractivity contribution is 0.629. The molecule has 0 aliphatic heterocycles. The maximum atomic E-state index is 7.14. The van der Waals surface area contributed by atoms with Crippen molar-refractivity contribution < 1.29 is 4.80 Å². The van der Waals surface area contributed by atoms with Gasteiger partial charge in [-0.2, -0.15) is 0 Å². The fourth-order valence-electron chi connectivity index (χ4n) is 0. The predicted molar refractivity (Wildman–Crippen MR) is 22.3 cm³/mol. The third kappa shape index (κ3) is 147. The minimum atomic E-state index is 0.306. The molecular weight excluding hydrogens is 70.1 g/mol. The monoisotopic (exact) mass is 79.0 g/mol. The first-order valence-corrected chi connectivity index (χ1v) is 1.92. The Bertz CT molecular complexity index is 8.00. The maximum absolute atomic E-state index is 7.14. The van der Waals surface area contributed by atoms with E-state index in [4.69, 9.17) is 4.80 Å². The fourth-order valence-corrected chi connectivity index (χ4v) is 0. The molecule has 2 nitrogen and oxygen atoms in total. The van der Waals surface area contributed by atoms with Gasteiger partial charge in [0.1, 0.15) is 10.5 Å². The van der Waals surface area contributed by atoms with Crippen LogP contribution in [0.1, 0.15) is 0 Å². The molecular formula is CH9NOSi. The molecule has 0 heterocycles. The van der Waals surface area contributed by atoms with E-state index in [1.165, 1.54) is 7.05 Å². The first-order valence-electron chi connectivity index (χ1n) is 1.02. The first kappa shape index (κ1) is 8.91. The minimum Gasteiger partial charge on any atom is -0.442 e. The highest BCUT2D eigenvalue weighted by Crippen LogP contribution is 0.666. The number of hydrogen-bond acceptors (Lipinski definition) is 2. The third-order valence-corrected chi connectivity index (χ3v) is 0. The van der Waals surface area contributed by atoms with Crippen LogP contribution in [0.3, 0.4) is 0 Å². The Morgan fingerprint density at radius 2 is 1.50 bits per heavy atom. The molecule has 0 aromatic carbocycles. The largest absolute Gasteiger partial charge is 0.442 e. The van der Waals surface area contributed by atoms with Gasteiger partial charge in [0.25, 0.3) is 0 Å². The summed E-state index contributed by atoms with van der Waals surface area (Å²) in [6.07, 6.45) is 0. The van der Waals surface area contributed by atoms with Crippen molar-refractivity contribution >= 4 is 10.5 Å². The Hall–Kier alpha value is 0.137. The van der Waals surface area contributed by atoms with Gasteiger partial charge in [0.2, 0.25) is 0 Å². The third-order valence-electron chi connectivity index (χ3n) is 0. The van der Waals surface area contributed by atoms with Crippen molar-refractivity contribution in [2.45, 2.75) is 0 Å². The molecule has 28 valence electrons. The molecule has 0 fully saturated rings. The van der Waals surface area contributed by atoms with Gasteiger partial charge < -0.3 is 10.5 Å². The molecule has 0 unspecified atom stereocenters. The van der Waals surface area contributed by atoms with Crippen LogP contribution in [0.2, 0.25) is 0 Å². The number of nitrogens with two attached hydrogens (primary N) is 1. The quantitative estimate of drug-likeness (QED) is 0.325. The van der Waals surface area contributed by atoms with Crippen LogP contribution in [0.4, 0.5) is 0 Å². The summed E-state index contributed by atoms with van der Waals surface area (Å²) >= 11 is 0. The van der Waals surface area contributed by atoms with Crippen LogP contribution in [-0.4, -0.2) is 22.3 Å². The highest BCUT2D eigenvalue weighted by Gasteiger charge is 0.891. The maximum Gasteiger partial charge on any atom is 0.141 e. The fraction of sp³-hybridized carbons (Fsp3) is 1.00. The van der Waals surface area contributed by atoms with Crippen molar-refractivity contribution in [2.24, 2.45) is 5.73 Å². The molecule has 3 N–H and O–H groups in total. The molecule has 3 heteroatoms. The molecule has 0 radical (unpaired) electrons. The van der Waals surface area contributed by atoms with E-state index in [9.17, 15) is 0 Å². The Morgan fingerprint density at radius 3 is 1.50 bits per heavy atom. The predicted octanol–water partition coefficient (Wildman–Crippen LogP) is -2.17. The highest BCUT2D eigenvalue weighted by molar-refractivity contribution is 5.95. The van der Waals surface area contributed by atoms with E-state index >= 15 is 0 Å². The molecule has 0 aliphatic rings. The Labute approximate surface area is 29.2 Å². The summed E-state index contributed by atoms with van der Waals surface area (Å²) in [5.74, 6) is 0. The second kappa shape index (κ2) is 764. The molecule has 0 aromatic rings. The van der Waals surface area contributed by atoms with Crippen molar-refractivity contribution in [2.75, 3.05) is 7.05 Å². The number of rotatable bonds is 0. The average Bonchev–Trinajstić information content (AvgIpc) is 1.50. The lowest BCUT2D eigenvalue weighted by Crippen LogP contribution is -1.69. The van der Waals surface area contributed by atoms with Gasteiger partial charge in [-0.05, 0) is 7.05 Å². The number of hydrogen-bond donors (Lipinski definition) is 2. The second-order valence-electron chi connectivity index (χ2n) is 0. The van der Waals surface area contributed by atoms with Crippen molar-refractivity contribution in [3.63, 3.8) is 0 Å². The van der Waals surface area contributed by atoms with Gasteiger partial charge in [0.15, 0.2) is 0 Å². The van der Waals surface area contributed by atoms with Crippen molar-refractivity contribution in [3.8, 4) is 0 Å². The van der Waals surface area contributed by atoms with Gasteiger partial charge in [-0.25, -0.2) is 0 Å². The van der Waals surface area contributed by atoms with Crippen molar-refractivity contribution in [3.05, 3.63) is 0 Å². The van der Waals surface area contributed by atoms with Crippen molar-refractivity contribution in [1.82, 2.24) is 0 Å². The Balaban J connectivity index is 0. The summed E-state index contributed by atoms with van der Waals surface area (Å²) in [5, 5.41) is 0. The summed E-state index contributed by atoms with van der Waals surface area (Å²) in [6.45, 7) is 0. The van der Waals surface area contributed by atoms with Gasteiger partial charge in [0, 0.05) is 0 Å². The van der Waals surface area contributed by atoms with Crippen LogP contribution in [0, 0.1) is 0 Å². The summed E-state index contributed by atoms with van der Waals surface area (Å²) in [7, 11) is 1.81. The molecule has 0 spiro atoms. The first-order chi connectivity index (χ1) is 2.00. The zero-order valence-corrected chi connectivity index (χ0v) is 5.02. The van der Waals surface area contributed by atoms with Gasteiger partial charge in [-0.1, -0.05) is 0 Å². The van der Waals surface area contributed by atoms with Crippen LogP contribution in [0.15, 0.2) is 0 Å². The average molecular weight is 79.2 g/mol. The SMILES string of the molecule is CN.O[SiH3]. The Kier molecular flexibility index (Phi) is 1700. The summed E-state index contributed by atoms with van der Waals surface area (Å²) in [4.78, 5) is 7.14. The summed E-state index contributed by atoms with van der Waals surface area (Å²) in [6, 6.07) is 0. The van der Waals surface area contributed by atoms with Gasteiger partial charge in [0.05, 0.1) is 0 Å². The van der Waals surface area contributed by atoms with Gasteiger partial charge in [-0.15, -0.1) is 0 Å². The normalized spacial score (nSPS) is 3.75. The van der Waals surface area contributed by atoms with E-state index in [1.807, 2.05) is 0 Å². The van der Waals surface area contributed by atoms with Crippen LogP contribution in [-0.2, 0) is 0 Å². The zero-order chi connectivity index (χ0) is 4.00. The van der Waals surface area contributed by atoms with E-state index in [0.29, 0.717) is 10.5 Å². The van der Waals surface area contributed by atoms with E-state index in [0.717, 1.165) is 0 Å². The van der Waals surface area contributed by atoms with Crippen LogP contribution >= 0.6 is 0 Å². The molecule has 0 bridgehead atoms.